The van der Waals surface area contributed by atoms with Crippen LogP contribution in [-0.2, 0) is 4.74 Å². The molecule has 5 heteroatoms. The zero-order valence-electron chi connectivity index (χ0n) is 13.8. The van der Waals surface area contributed by atoms with Gasteiger partial charge in [0.25, 0.3) is 0 Å². The molecule has 0 radical (unpaired) electrons. The Balaban J connectivity index is 2.00. The number of benzene rings is 1. The second kappa shape index (κ2) is 5.73. The number of nitrogens with one attached hydrogen (secondary N) is 2. The molecule has 4 nitrogen and oxygen atoms in total. The van der Waals surface area contributed by atoms with E-state index in [2.05, 4.69) is 10.3 Å². The summed E-state index contributed by atoms with van der Waals surface area (Å²) in [7, 11) is 1.66. The van der Waals surface area contributed by atoms with Crippen LogP contribution in [0.1, 0.15) is 37.0 Å². The Bertz CT molecular complexity index is 730. The van der Waals surface area contributed by atoms with Crippen LogP contribution in [0.25, 0.3) is 10.9 Å². The van der Waals surface area contributed by atoms with Gasteiger partial charge in [0.05, 0.1) is 16.5 Å². The summed E-state index contributed by atoms with van der Waals surface area (Å²) in [6.07, 6.45) is 3.03. The maximum atomic E-state index is 14.2. The molecular weight excluding hydrogens is 295 g/mol. The third-order valence-electron chi connectivity index (χ3n) is 4.92. The SMILES string of the molecule is COC(C)(C)CC1(C(=O)c2cc(F)c3[nH]ccc3c2)CCNC1. The number of halogens is 1. The van der Waals surface area contributed by atoms with Crippen molar-refractivity contribution >= 4 is 16.7 Å². The molecule has 124 valence electrons. The molecule has 2 N–H and O–H groups in total. The highest BCUT2D eigenvalue weighted by atomic mass is 19.1. The highest BCUT2D eigenvalue weighted by molar-refractivity contribution is 6.03. The number of hydrogen-bond donors (Lipinski definition) is 2. The quantitative estimate of drug-likeness (QED) is 0.832. The predicted octanol–water partition coefficient (Wildman–Crippen LogP) is 3.28. The van der Waals surface area contributed by atoms with Crippen molar-refractivity contribution < 1.29 is 13.9 Å². The minimum atomic E-state index is -0.546. The van der Waals surface area contributed by atoms with Crippen LogP contribution in [0.15, 0.2) is 24.4 Å². The van der Waals surface area contributed by atoms with Gasteiger partial charge in [0.1, 0.15) is 5.82 Å². The van der Waals surface area contributed by atoms with Gasteiger partial charge in [0, 0.05) is 30.8 Å². The fourth-order valence-electron chi connectivity index (χ4n) is 3.62. The summed E-state index contributed by atoms with van der Waals surface area (Å²) in [5, 5.41) is 4.00. The minimum absolute atomic E-state index is 0.00498. The van der Waals surface area contributed by atoms with Crippen LogP contribution in [0.3, 0.4) is 0 Å². The van der Waals surface area contributed by atoms with Gasteiger partial charge in [-0.3, -0.25) is 4.79 Å². The molecule has 1 atom stereocenters. The number of rotatable bonds is 5. The number of Topliss-reactive ketones (excluding diaryl/α,β-unsaturated/α-hetero) is 1. The zero-order chi connectivity index (χ0) is 16.7. The average Bonchev–Trinajstić information content (AvgIpc) is 3.16. The molecule has 0 amide bonds. The van der Waals surface area contributed by atoms with Crippen molar-refractivity contribution in [1.82, 2.24) is 10.3 Å². The molecule has 0 saturated carbocycles. The maximum absolute atomic E-state index is 14.2. The molecule has 1 aliphatic heterocycles. The van der Waals surface area contributed by atoms with Crippen molar-refractivity contribution in [1.29, 1.82) is 0 Å². The van der Waals surface area contributed by atoms with Crippen LogP contribution in [0.4, 0.5) is 4.39 Å². The lowest BCUT2D eigenvalue weighted by Gasteiger charge is -2.35. The molecule has 2 aromatic rings. The molecule has 1 fully saturated rings. The fourth-order valence-corrected chi connectivity index (χ4v) is 3.62. The third-order valence-corrected chi connectivity index (χ3v) is 4.92. The number of aromatic nitrogens is 1. The van der Waals surface area contributed by atoms with Crippen molar-refractivity contribution in [3.05, 3.63) is 35.8 Å². The number of carbonyl (C=O) groups is 1. The summed E-state index contributed by atoms with van der Waals surface area (Å²) in [5.74, 6) is -0.391. The lowest BCUT2D eigenvalue weighted by atomic mass is 9.72. The summed E-state index contributed by atoms with van der Waals surface area (Å²) in [6, 6.07) is 4.91. The first-order chi connectivity index (χ1) is 10.9. The molecule has 3 rings (SSSR count). The van der Waals surface area contributed by atoms with Gasteiger partial charge in [0.2, 0.25) is 0 Å². The highest BCUT2D eigenvalue weighted by Crippen LogP contribution is 2.39. The van der Waals surface area contributed by atoms with Gasteiger partial charge in [-0.1, -0.05) is 0 Å². The second-order valence-electron chi connectivity index (χ2n) is 7.08. The van der Waals surface area contributed by atoms with E-state index in [1.807, 2.05) is 13.8 Å². The van der Waals surface area contributed by atoms with Gasteiger partial charge in [-0.2, -0.15) is 0 Å². The molecule has 23 heavy (non-hydrogen) atoms. The number of methoxy groups -OCH3 is 1. The number of ketones is 1. The minimum Gasteiger partial charge on any atom is -0.379 e. The summed E-state index contributed by atoms with van der Waals surface area (Å²) in [5.41, 5.74) is -0.0727. The number of aromatic amines is 1. The van der Waals surface area contributed by atoms with Crippen molar-refractivity contribution in [3.8, 4) is 0 Å². The number of carbonyl (C=O) groups excluding carboxylic acids is 1. The Kier molecular flexibility index (Phi) is 4.02. The van der Waals surface area contributed by atoms with Crippen molar-refractivity contribution in [2.24, 2.45) is 5.41 Å². The number of H-pyrrole nitrogens is 1. The summed E-state index contributed by atoms with van der Waals surface area (Å²) in [6.45, 7) is 5.36. The molecule has 2 heterocycles. The van der Waals surface area contributed by atoms with Crippen LogP contribution in [0.5, 0.6) is 0 Å². The Labute approximate surface area is 135 Å². The van der Waals surface area contributed by atoms with Gasteiger partial charge < -0.3 is 15.0 Å². The van der Waals surface area contributed by atoms with Crippen molar-refractivity contribution in [2.75, 3.05) is 20.2 Å². The van der Waals surface area contributed by atoms with E-state index in [0.717, 1.165) is 18.4 Å². The van der Waals surface area contributed by atoms with Crippen LogP contribution in [0, 0.1) is 11.2 Å². The Hall–Kier alpha value is -1.72. The smallest absolute Gasteiger partial charge is 0.170 e. The normalized spacial score (nSPS) is 21.9. The van der Waals surface area contributed by atoms with E-state index in [0.29, 0.717) is 24.0 Å². The van der Waals surface area contributed by atoms with Gasteiger partial charge in [-0.25, -0.2) is 4.39 Å². The van der Waals surface area contributed by atoms with Crippen LogP contribution >= 0.6 is 0 Å². The predicted molar refractivity (Wildman–Crippen MR) is 88.2 cm³/mol. The molecule has 0 spiro atoms. The zero-order valence-corrected chi connectivity index (χ0v) is 13.8. The third kappa shape index (κ3) is 2.91. The number of hydrogen-bond acceptors (Lipinski definition) is 3. The standard InChI is InChI=1S/C18H23FN2O2/c1-17(2,23-3)10-18(5-7-20-11-18)16(22)13-8-12-4-6-21-15(12)14(19)9-13/h4,6,8-9,20-21H,5,7,10-11H2,1-3H3. The summed E-state index contributed by atoms with van der Waals surface area (Å²) < 4.78 is 19.8. The summed E-state index contributed by atoms with van der Waals surface area (Å²) >= 11 is 0. The molecule has 1 saturated heterocycles. The molecular formula is C18H23FN2O2. The fraction of sp³-hybridized carbons (Fsp3) is 0.500. The molecule has 0 aliphatic carbocycles. The van der Waals surface area contributed by atoms with Crippen LogP contribution in [0.2, 0.25) is 0 Å². The first-order valence-corrected chi connectivity index (χ1v) is 7.94. The second-order valence-corrected chi connectivity index (χ2v) is 7.08. The van der Waals surface area contributed by atoms with E-state index < -0.39 is 11.0 Å². The van der Waals surface area contributed by atoms with E-state index >= 15 is 0 Å². The first-order valence-electron chi connectivity index (χ1n) is 7.94. The van der Waals surface area contributed by atoms with Crippen LogP contribution in [-0.4, -0.2) is 36.6 Å². The molecule has 1 aromatic carbocycles. The van der Waals surface area contributed by atoms with Crippen LogP contribution < -0.4 is 5.32 Å². The molecule has 1 aromatic heterocycles. The Morgan fingerprint density at radius 3 is 2.87 bits per heavy atom. The van der Waals surface area contributed by atoms with E-state index in [1.165, 1.54) is 6.07 Å². The number of fused-ring (bicyclic) bond motifs is 1. The maximum Gasteiger partial charge on any atom is 0.170 e. The monoisotopic (exact) mass is 318 g/mol. The molecule has 0 bridgehead atoms. The van der Waals surface area contributed by atoms with Gasteiger partial charge in [-0.15, -0.1) is 0 Å². The summed E-state index contributed by atoms with van der Waals surface area (Å²) in [4.78, 5) is 16.1. The van der Waals surface area contributed by atoms with Gasteiger partial charge in [-0.05, 0) is 51.4 Å². The largest absolute Gasteiger partial charge is 0.379 e. The Morgan fingerprint density at radius 2 is 2.22 bits per heavy atom. The highest BCUT2D eigenvalue weighted by Gasteiger charge is 2.45. The lowest BCUT2D eigenvalue weighted by molar-refractivity contribution is -0.0125. The van der Waals surface area contributed by atoms with E-state index in [4.69, 9.17) is 4.74 Å². The van der Waals surface area contributed by atoms with Crippen molar-refractivity contribution in [3.63, 3.8) is 0 Å². The Morgan fingerprint density at radius 1 is 1.43 bits per heavy atom. The average molecular weight is 318 g/mol. The van der Waals surface area contributed by atoms with Crippen molar-refractivity contribution in [2.45, 2.75) is 32.3 Å². The van der Waals surface area contributed by atoms with E-state index in [-0.39, 0.29) is 11.6 Å². The van der Waals surface area contributed by atoms with E-state index in [1.54, 1.807) is 25.4 Å². The van der Waals surface area contributed by atoms with Gasteiger partial charge >= 0.3 is 0 Å². The van der Waals surface area contributed by atoms with Gasteiger partial charge in [0.15, 0.2) is 5.78 Å². The topological polar surface area (TPSA) is 54.1 Å². The molecule has 1 aliphatic rings. The lowest BCUT2D eigenvalue weighted by Crippen LogP contribution is -2.41. The number of ether oxygens (including phenoxy) is 1. The molecule has 1 unspecified atom stereocenters. The van der Waals surface area contributed by atoms with E-state index in [9.17, 15) is 9.18 Å². The first kappa shape index (κ1) is 16.1.